The van der Waals surface area contributed by atoms with Crippen LogP contribution in [0, 0.1) is 13.8 Å². The number of para-hydroxylation sites is 3. The van der Waals surface area contributed by atoms with Crippen LogP contribution in [-0.2, 0) is 0 Å². The van der Waals surface area contributed by atoms with Gasteiger partial charge in [0.2, 0.25) is 0 Å². The van der Waals surface area contributed by atoms with Crippen LogP contribution < -0.4 is 4.90 Å². The molecule has 2 heterocycles. The molecule has 0 unspecified atom stereocenters. The average molecular weight is 593 g/mol. The van der Waals surface area contributed by atoms with Gasteiger partial charge in [0, 0.05) is 45.8 Å². The number of nitrogens with zero attached hydrogens (tertiary/aromatic N) is 4. The minimum Gasteiger partial charge on any atom is -0.310 e. The molecular weight excluding hydrogens is 560 g/mol. The molecule has 0 N–H and O–H groups in total. The molecule has 6 aromatic carbocycles. The van der Waals surface area contributed by atoms with E-state index in [1.807, 2.05) is 12.4 Å². The maximum Gasteiger partial charge on any atom is 0.115 e. The quantitative estimate of drug-likeness (QED) is 0.193. The summed E-state index contributed by atoms with van der Waals surface area (Å²) in [5.74, 6) is 0. The Balaban J connectivity index is 1.25. The zero-order chi connectivity index (χ0) is 31.0. The molecule has 220 valence electrons. The molecule has 46 heavy (non-hydrogen) atoms. The first kappa shape index (κ1) is 27.5. The van der Waals surface area contributed by atoms with E-state index in [0.29, 0.717) is 0 Å². The fraction of sp³-hybridized carbons (Fsp3) is 0.0476. The summed E-state index contributed by atoms with van der Waals surface area (Å²) in [6.45, 7) is 4.45. The van der Waals surface area contributed by atoms with Crippen molar-refractivity contribution < 1.29 is 0 Å². The highest BCUT2D eigenvalue weighted by Crippen LogP contribution is 2.41. The molecule has 0 bridgehead atoms. The van der Waals surface area contributed by atoms with Gasteiger partial charge < -0.3 is 9.47 Å². The Morgan fingerprint density at radius 2 is 1.00 bits per heavy atom. The van der Waals surface area contributed by atoms with Crippen molar-refractivity contribution in [3.63, 3.8) is 0 Å². The molecule has 4 nitrogen and oxygen atoms in total. The van der Waals surface area contributed by atoms with Crippen molar-refractivity contribution in [1.82, 2.24) is 14.5 Å². The predicted octanol–water partition coefficient (Wildman–Crippen LogP) is 11.0. The Kier molecular flexibility index (Phi) is 6.88. The summed E-state index contributed by atoms with van der Waals surface area (Å²) in [6.07, 6.45) is 5.26. The van der Waals surface area contributed by atoms with Crippen LogP contribution in [0.15, 0.2) is 158 Å². The summed E-state index contributed by atoms with van der Waals surface area (Å²) in [5.41, 5.74) is 14.0. The first-order valence-corrected chi connectivity index (χ1v) is 15.6. The molecule has 8 rings (SSSR count). The summed E-state index contributed by atoms with van der Waals surface area (Å²) in [7, 11) is 0. The van der Waals surface area contributed by atoms with E-state index in [-0.39, 0.29) is 0 Å². The predicted molar refractivity (Wildman–Crippen MR) is 191 cm³/mol. The molecular formula is C42H32N4. The Labute approximate surface area is 268 Å². The first-order chi connectivity index (χ1) is 22.7. The number of hydrogen-bond acceptors (Lipinski definition) is 3. The number of aryl methyl sites for hydroxylation is 2. The molecule has 2 aromatic heterocycles. The molecule has 0 radical (unpaired) electrons. The fourth-order valence-electron chi connectivity index (χ4n) is 6.72. The van der Waals surface area contributed by atoms with Gasteiger partial charge in [-0.25, -0.2) is 9.97 Å². The number of fused-ring (bicyclic) bond motifs is 3. The highest BCUT2D eigenvalue weighted by atomic mass is 15.1. The van der Waals surface area contributed by atoms with Gasteiger partial charge in [-0.15, -0.1) is 0 Å². The number of benzene rings is 6. The largest absolute Gasteiger partial charge is 0.310 e. The van der Waals surface area contributed by atoms with Gasteiger partial charge in [-0.05, 0) is 102 Å². The van der Waals surface area contributed by atoms with Crippen LogP contribution in [0.3, 0.4) is 0 Å². The molecule has 0 aliphatic carbocycles. The fourth-order valence-corrected chi connectivity index (χ4v) is 6.72. The SMILES string of the molecule is Cc1cc(-c2ccc(-c3cncnc3)cc2)cc(C)c1-n1c2ccccc2c2cc(N(c3ccccc3)c3ccccc3)ccc21. The van der Waals surface area contributed by atoms with Crippen molar-refractivity contribution in [2.24, 2.45) is 0 Å². The van der Waals surface area contributed by atoms with Gasteiger partial charge >= 0.3 is 0 Å². The molecule has 0 saturated carbocycles. The van der Waals surface area contributed by atoms with Crippen molar-refractivity contribution in [3.8, 4) is 27.9 Å². The molecule has 0 spiro atoms. The van der Waals surface area contributed by atoms with Gasteiger partial charge in [-0.1, -0.05) is 78.9 Å². The monoisotopic (exact) mass is 592 g/mol. The van der Waals surface area contributed by atoms with Gasteiger partial charge in [-0.3, -0.25) is 0 Å². The summed E-state index contributed by atoms with van der Waals surface area (Å²) >= 11 is 0. The van der Waals surface area contributed by atoms with Crippen LogP contribution in [0.5, 0.6) is 0 Å². The lowest BCUT2D eigenvalue weighted by molar-refractivity contribution is 1.12. The van der Waals surface area contributed by atoms with Crippen LogP contribution in [0.25, 0.3) is 49.7 Å². The van der Waals surface area contributed by atoms with Crippen molar-refractivity contribution >= 4 is 38.9 Å². The second-order valence-corrected chi connectivity index (χ2v) is 11.7. The standard InChI is InChI=1S/C42H32N4/c1-29-23-33(31-17-19-32(20-18-31)34-26-43-28-44-27-34)24-30(2)42(29)46-40-16-10-9-15-38(40)39-25-37(21-22-41(39)46)45(35-11-5-3-6-12-35)36-13-7-4-8-14-36/h3-28H,1-2H3. The lowest BCUT2D eigenvalue weighted by Gasteiger charge is -2.25. The number of hydrogen-bond donors (Lipinski definition) is 0. The number of aromatic nitrogens is 3. The van der Waals surface area contributed by atoms with E-state index in [2.05, 4.69) is 173 Å². The normalized spacial score (nSPS) is 11.3. The van der Waals surface area contributed by atoms with E-state index >= 15 is 0 Å². The smallest absolute Gasteiger partial charge is 0.115 e. The van der Waals surface area contributed by atoms with Gasteiger partial charge in [0.15, 0.2) is 0 Å². The average Bonchev–Trinajstić information content (AvgIpc) is 3.43. The van der Waals surface area contributed by atoms with Gasteiger partial charge in [0.05, 0.1) is 16.7 Å². The van der Waals surface area contributed by atoms with Crippen LogP contribution in [0.2, 0.25) is 0 Å². The maximum absolute atomic E-state index is 4.17. The van der Waals surface area contributed by atoms with Crippen LogP contribution in [0.4, 0.5) is 17.1 Å². The van der Waals surface area contributed by atoms with E-state index in [1.165, 1.54) is 49.7 Å². The molecule has 0 fully saturated rings. The molecule has 0 amide bonds. The second kappa shape index (κ2) is 11.5. The van der Waals surface area contributed by atoms with Crippen LogP contribution in [0.1, 0.15) is 11.1 Å². The number of rotatable bonds is 6. The lowest BCUT2D eigenvalue weighted by atomic mass is 9.97. The Morgan fingerprint density at radius 1 is 0.457 bits per heavy atom. The summed E-state index contributed by atoms with van der Waals surface area (Å²) in [6, 6.07) is 50.1. The van der Waals surface area contributed by atoms with E-state index in [4.69, 9.17) is 0 Å². The summed E-state index contributed by atoms with van der Waals surface area (Å²) in [5, 5.41) is 2.47. The highest BCUT2D eigenvalue weighted by molar-refractivity contribution is 6.11. The van der Waals surface area contributed by atoms with E-state index in [1.54, 1.807) is 6.33 Å². The van der Waals surface area contributed by atoms with Gasteiger partial charge in [0.1, 0.15) is 6.33 Å². The molecule has 0 atom stereocenters. The lowest BCUT2D eigenvalue weighted by Crippen LogP contribution is -2.09. The minimum atomic E-state index is 1.02. The topological polar surface area (TPSA) is 34.0 Å². The minimum absolute atomic E-state index is 1.02. The Morgan fingerprint density at radius 3 is 1.63 bits per heavy atom. The van der Waals surface area contributed by atoms with E-state index in [0.717, 1.165) is 28.2 Å². The van der Waals surface area contributed by atoms with Gasteiger partial charge in [-0.2, -0.15) is 0 Å². The van der Waals surface area contributed by atoms with Crippen molar-refractivity contribution in [2.75, 3.05) is 4.90 Å². The van der Waals surface area contributed by atoms with Crippen molar-refractivity contribution in [3.05, 3.63) is 169 Å². The maximum atomic E-state index is 4.17. The number of anilines is 3. The molecule has 0 saturated heterocycles. The Hall–Kier alpha value is -6.00. The Bertz CT molecular complexity index is 2240. The highest BCUT2D eigenvalue weighted by Gasteiger charge is 2.19. The summed E-state index contributed by atoms with van der Waals surface area (Å²) in [4.78, 5) is 10.7. The van der Waals surface area contributed by atoms with Crippen molar-refractivity contribution in [2.45, 2.75) is 13.8 Å². The zero-order valence-corrected chi connectivity index (χ0v) is 25.8. The first-order valence-electron chi connectivity index (χ1n) is 15.6. The molecule has 4 heteroatoms. The zero-order valence-electron chi connectivity index (χ0n) is 25.8. The summed E-state index contributed by atoms with van der Waals surface area (Å²) < 4.78 is 2.44. The van der Waals surface area contributed by atoms with E-state index in [9.17, 15) is 0 Å². The second-order valence-electron chi connectivity index (χ2n) is 11.7. The molecule has 0 aliphatic rings. The third kappa shape index (κ3) is 4.81. The van der Waals surface area contributed by atoms with Crippen LogP contribution >= 0.6 is 0 Å². The third-order valence-electron chi connectivity index (χ3n) is 8.77. The van der Waals surface area contributed by atoms with Crippen LogP contribution in [-0.4, -0.2) is 14.5 Å². The van der Waals surface area contributed by atoms with Crippen molar-refractivity contribution in [1.29, 1.82) is 0 Å². The van der Waals surface area contributed by atoms with Gasteiger partial charge in [0.25, 0.3) is 0 Å². The molecule has 0 aliphatic heterocycles. The molecule has 8 aromatic rings. The van der Waals surface area contributed by atoms with E-state index < -0.39 is 0 Å². The third-order valence-corrected chi connectivity index (χ3v) is 8.77.